The van der Waals surface area contributed by atoms with Crippen LogP contribution in [0.2, 0.25) is 0 Å². The minimum Gasteiger partial charge on any atom is -0.462 e. The fraction of sp³-hybridized carbons (Fsp3) is 0.545. The Morgan fingerprint density at radius 1 is 0.241 bits per heavy atom. The SMILES string of the molecule is CC/C=C\C/C=C\C/C=C\C/C=C\C/C=C\C/C=C\CCCCCCCCCCC(=O)OCC(COC(=O)CCCC/C=C\C/C=C\C/C=C\C/C=C\CC)OC(=O)CCCCCC/C=C\C/C=C\C/C=C\C/C=C\C/C=C\C/C=C\CC. The number of hydrogen-bond donors (Lipinski definition) is 0. The summed E-state index contributed by atoms with van der Waals surface area (Å²) in [7, 11) is 0. The molecule has 0 fully saturated rings. The van der Waals surface area contributed by atoms with Crippen LogP contribution in [0.4, 0.5) is 0 Å². The Bertz CT molecular complexity index is 1990. The number of ether oxygens (including phenoxy) is 3. The van der Waals surface area contributed by atoms with Gasteiger partial charge in [-0.1, -0.05) is 267 Å². The van der Waals surface area contributed by atoms with Crippen LogP contribution in [-0.2, 0) is 28.6 Å². The maximum Gasteiger partial charge on any atom is 0.306 e. The molecule has 0 aliphatic heterocycles. The van der Waals surface area contributed by atoms with Gasteiger partial charge in [-0.05, 0) is 161 Å². The molecule has 0 aliphatic carbocycles. The van der Waals surface area contributed by atoms with Crippen LogP contribution in [-0.4, -0.2) is 37.2 Å². The summed E-state index contributed by atoms with van der Waals surface area (Å²) >= 11 is 0. The Hall–Kier alpha value is -5.75. The van der Waals surface area contributed by atoms with E-state index < -0.39 is 6.10 Å². The molecule has 0 radical (unpaired) electrons. The topological polar surface area (TPSA) is 78.9 Å². The number of esters is 3. The lowest BCUT2D eigenvalue weighted by atomic mass is 10.1. The van der Waals surface area contributed by atoms with Crippen molar-refractivity contribution in [2.45, 2.75) is 258 Å². The van der Waals surface area contributed by atoms with Crippen molar-refractivity contribution in [3.63, 3.8) is 0 Å². The molecule has 1 atom stereocenters. The molecule has 0 N–H and O–H groups in total. The number of carbonyl (C=O) groups is 3. The van der Waals surface area contributed by atoms with Gasteiger partial charge in [0.1, 0.15) is 13.2 Å². The molecule has 0 aromatic rings. The van der Waals surface area contributed by atoms with E-state index in [1.807, 2.05) is 0 Å². The molecular weight excluding hydrogens is 1020 g/mol. The highest BCUT2D eigenvalue weighted by Crippen LogP contribution is 2.14. The van der Waals surface area contributed by atoms with Crippen LogP contribution >= 0.6 is 0 Å². The van der Waals surface area contributed by atoms with Gasteiger partial charge in [-0.3, -0.25) is 14.4 Å². The molecular formula is C77H118O6. The highest BCUT2D eigenvalue weighted by Gasteiger charge is 2.19. The van der Waals surface area contributed by atoms with Gasteiger partial charge in [0.2, 0.25) is 0 Å². The minimum absolute atomic E-state index is 0.117. The maximum absolute atomic E-state index is 12.9. The van der Waals surface area contributed by atoms with E-state index in [1.165, 1.54) is 32.1 Å². The van der Waals surface area contributed by atoms with E-state index in [0.717, 1.165) is 173 Å². The number of hydrogen-bond acceptors (Lipinski definition) is 6. The Morgan fingerprint density at radius 2 is 0.434 bits per heavy atom. The molecule has 6 heteroatoms. The second-order valence-electron chi connectivity index (χ2n) is 20.9. The zero-order chi connectivity index (χ0) is 59.9. The zero-order valence-electron chi connectivity index (χ0n) is 52.9. The van der Waals surface area contributed by atoms with Crippen molar-refractivity contribution >= 4 is 17.9 Å². The normalized spacial score (nSPS) is 13.4. The second-order valence-corrected chi connectivity index (χ2v) is 20.9. The molecule has 0 aliphatic rings. The second kappa shape index (κ2) is 68.7. The Kier molecular flexibility index (Phi) is 64.0. The molecule has 0 spiro atoms. The van der Waals surface area contributed by atoms with Gasteiger partial charge in [-0.25, -0.2) is 0 Å². The van der Waals surface area contributed by atoms with Gasteiger partial charge in [0.05, 0.1) is 0 Å². The highest BCUT2D eigenvalue weighted by atomic mass is 16.6. The molecule has 1 unspecified atom stereocenters. The fourth-order valence-electron chi connectivity index (χ4n) is 8.26. The van der Waals surface area contributed by atoms with Gasteiger partial charge in [-0.15, -0.1) is 0 Å². The summed E-state index contributed by atoms with van der Waals surface area (Å²) in [4.78, 5) is 38.4. The van der Waals surface area contributed by atoms with Crippen LogP contribution in [0.25, 0.3) is 0 Å². The predicted molar refractivity (Wildman–Crippen MR) is 361 cm³/mol. The third-order valence-electron chi connectivity index (χ3n) is 13.1. The Labute approximate surface area is 509 Å². The minimum atomic E-state index is -0.827. The molecule has 0 aromatic carbocycles. The van der Waals surface area contributed by atoms with E-state index >= 15 is 0 Å². The van der Waals surface area contributed by atoms with Crippen molar-refractivity contribution < 1.29 is 28.6 Å². The molecule has 0 bridgehead atoms. The Morgan fingerprint density at radius 3 is 0.699 bits per heavy atom. The van der Waals surface area contributed by atoms with Gasteiger partial charge in [0.25, 0.3) is 0 Å². The van der Waals surface area contributed by atoms with E-state index in [-0.39, 0.29) is 44.0 Å². The third-order valence-corrected chi connectivity index (χ3v) is 13.1. The molecule has 0 aromatic heterocycles. The molecule has 0 heterocycles. The fourth-order valence-corrected chi connectivity index (χ4v) is 8.26. The zero-order valence-corrected chi connectivity index (χ0v) is 52.9. The lowest BCUT2D eigenvalue weighted by molar-refractivity contribution is -0.167. The first-order valence-corrected chi connectivity index (χ1v) is 32.9. The summed E-state index contributed by atoms with van der Waals surface area (Å²) in [5, 5.41) is 0. The maximum atomic E-state index is 12.9. The van der Waals surface area contributed by atoms with Crippen LogP contribution in [0, 0.1) is 0 Å². The first-order valence-electron chi connectivity index (χ1n) is 32.9. The van der Waals surface area contributed by atoms with Crippen molar-refractivity contribution in [3.8, 4) is 0 Å². The Balaban J connectivity index is 4.50. The van der Waals surface area contributed by atoms with Crippen LogP contribution in [0.3, 0.4) is 0 Å². The van der Waals surface area contributed by atoms with Crippen LogP contribution in [0.1, 0.15) is 252 Å². The summed E-state index contributed by atoms with van der Waals surface area (Å²) in [5.41, 5.74) is 0. The first kappa shape index (κ1) is 77.2. The molecule has 83 heavy (non-hydrogen) atoms. The standard InChI is InChI=1S/C77H118O6/c1-4-7-10-13-16-19-22-25-28-30-32-34-36-37-38-39-41-42-44-46-49-52-55-58-61-64-67-70-76(79)82-73-74(72-81-75(78)69-66-63-60-57-54-51-48-27-24-21-18-15-12-9-6-3)83-77(80)71-68-65-62-59-56-53-50-47-45-43-40-35-33-31-29-26-23-20-17-14-11-8-5-2/h7-12,16-21,25-29,32-35,37-38,41-43,45,48,50,53-54,57,74H,4-6,13-15,22-24,30-31,36,39-40,44,46-47,49,51-52,55-56,58-73H2,1-3H3/b10-7-,11-8-,12-9-,19-16-,20-17-,21-18-,28-25-,29-26-,34-32-,35-33-,38-37-,42-41-,45-43-,48-27-,53-50-,57-54-. The van der Waals surface area contributed by atoms with Crippen molar-refractivity contribution in [3.05, 3.63) is 194 Å². The summed E-state index contributed by atoms with van der Waals surface area (Å²) < 4.78 is 16.9. The molecule has 0 amide bonds. The third kappa shape index (κ3) is 66.9. The van der Waals surface area contributed by atoms with E-state index in [1.54, 1.807) is 0 Å². The van der Waals surface area contributed by atoms with Crippen LogP contribution in [0.15, 0.2) is 194 Å². The number of carbonyl (C=O) groups excluding carboxylic acids is 3. The summed E-state index contributed by atoms with van der Waals surface area (Å²) in [6.07, 6.45) is 104. The van der Waals surface area contributed by atoms with Crippen molar-refractivity contribution in [2.24, 2.45) is 0 Å². The van der Waals surface area contributed by atoms with E-state index in [2.05, 4.69) is 215 Å². The van der Waals surface area contributed by atoms with Gasteiger partial charge < -0.3 is 14.2 Å². The van der Waals surface area contributed by atoms with Gasteiger partial charge in [0, 0.05) is 19.3 Å². The molecule has 6 nitrogen and oxygen atoms in total. The largest absolute Gasteiger partial charge is 0.462 e. The average molecular weight is 1140 g/mol. The lowest BCUT2D eigenvalue weighted by Gasteiger charge is -2.18. The molecule has 0 saturated carbocycles. The molecule has 0 saturated heterocycles. The van der Waals surface area contributed by atoms with Crippen LogP contribution < -0.4 is 0 Å². The predicted octanol–water partition coefficient (Wildman–Crippen LogP) is 23.0. The summed E-state index contributed by atoms with van der Waals surface area (Å²) in [5.74, 6) is -1.00. The van der Waals surface area contributed by atoms with Gasteiger partial charge >= 0.3 is 17.9 Å². The van der Waals surface area contributed by atoms with Crippen molar-refractivity contribution in [1.82, 2.24) is 0 Å². The van der Waals surface area contributed by atoms with E-state index in [0.29, 0.717) is 12.8 Å². The summed E-state index contributed by atoms with van der Waals surface area (Å²) in [6.45, 7) is 6.22. The monoisotopic (exact) mass is 1140 g/mol. The average Bonchev–Trinajstić information content (AvgIpc) is 3.49. The van der Waals surface area contributed by atoms with Gasteiger partial charge in [0.15, 0.2) is 6.10 Å². The first-order chi connectivity index (χ1) is 41.0. The van der Waals surface area contributed by atoms with Crippen LogP contribution in [0.5, 0.6) is 0 Å². The van der Waals surface area contributed by atoms with E-state index in [9.17, 15) is 14.4 Å². The molecule has 462 valence electrons. The van der Waals surface area contributed by atoms with E-state index in [4.69, 9.17) is 14.2 Å². The lowest BCUT2D eigenvalue weighted by Crippen LogP contribution is -2.30. The van der Waals surface area contributed by atoms with Gasteiger partial charge in [-0.2, -0.15) is 0 Å². The quantitative estimate of drug-likeness (QED) is 0.0261. The highest BCUT2D eigenvalue weighted by molar-refractivity contribution is 5.71. The smallest absolute Gasteiger partial charge is 0.306 e. The number of allylic oxidation sites excluding steroid dienone is 32. The molecule has 0 rings (SSSR count). The number of unbranched alkanes of at least 4 members (excludes halogenated alkanes) is 14. The van der Waals surface area contributed by atoms with Crippen molar-refractivity contribution in [1.29, 1.82) is 0 Å². The van der Waals surface area contributed by atoms with Crippen molar-refractivity contribution in [2.75, 3.05) is 13.2 Å². The summed E-state index contributed by atoms with van der Waals surface area (Å²) in [6, 6.07) is 0. The number of rotatable bonds is 57.